The summed E-state index contributed by atoms with van der Waals surface area (Å²) in [5, 5.41) is 3.44. The van der Waals surface area contributed by atoms with Crippen LogP contribution in [-0.2, 0) is 6.54 Å². The van der Waals surface area contributed by atoms with E-state index in [2.05, 4.69) is 34.9 Å². The van der Waals surface area contributed by atoms with Gasteiger partial charge in [-0.05, 0) is 12.8 Å². The van der Waals surface area contributed by atoms with Crippen LogP contribution >= 0.6 is 0 Å². The van der Waals surface area contributed by atoms with Crippen LogP contribution in [0.25, 0.3) is 0 Å². The van der Waals surface area contributed by atoms with Crippen molar-refractivity contribution in [2.75, 3.05) is 11.9 Å². The fourth-order valence-corrected chi connectivity index (χ4v) is 2.09. The summed E-state index contributed by atoms with van der Waals surface area (Å²) in [6.45, 7) is 6.61. The molecule has 0 atom stereocenters. The van der Waals surface area contributed by atoms with Crippen molar-refractivity contribution >= 4 is 5.95 Å². The minimum absolute atomic E-state index is 1.04. The molecule has 1 aromatic heterocycles. The van der Waals surface area contributed by atoms with Crippen LogP contribution < -0.4 is 5.32 Å². The highest BCUT2D eigenvalue weighted by Crippen LogP contribution is 2.08. The third-order valence-corrected chi connectivity index (χ3v) is 3.28. The average molecular weight is 251 g/mol. The van der Waals surface area contributed by atoms with E-state index in [9.17, 15) is 0 Å². The summed E-state index contributed by atoms with van der Waals surface area (Å²) < 4.78 is 2.22. The Balaban J connectivity index is 2.09. The number of nitrogens with zero attached hydrogens (tertiary/aromatic N) is 2. The van der Waals surface area contributed by atoms with E-state index < -0.39 is 0 Å². The summed E-state index contributed by atoms with van der Waals surface area (Å²) in [6.07, 6.45) is 14.5. The normalized spacial score (nSPS) is 10.8. The van der Waals surface area contributed by atoms with Crippen LogP contribution in [0.3, 0.4) is 0 Å². The summed E-state index contributed by atoms with van der Waals surface area (Å²) in [7, 11) is 0. The SMILES string of the molecule is CCCCCCCCNc1nccn1CCCC. The van der Waals surface area contributed by atoms with E-state index in [0.717, 1.165) is 19.0 Å². The van der Waals surface area contributed by atoms with Crippen LogP contribution in [0.1, 0.15) is 65.2 Å². The fourth-order valence-electron chi connectivity index (χ4n) is 2.09. The molecule has 0 radical (unpaired) electrons. The van der Waals surface area contributed by atoms with E-state index >= 15 is 0 Å². The van der Waals surface area contributed by atoms with Crippen LogP contribution in [0, 0.1) is 0 Å². The third-order valence-electron chi connectivity index (χ3n) is 3.28. The maximum absolute atomic E-state index is 4.37. The van der Waals surface area contributed by atoms with Gasteiger partial charge in [0, 0.05) is 25.5 Å². The van der Waals surface area contributed by atoms with Crippen molar-refractivity contribution in [1.82, 2.24) is 9.55 Å². The first-order valence-electron chi connectivity index (χ1n) is 7.63. The summed E-state index contributed by atoms with van der Waals surface area (Å²) in [6, 6.07) is 0. The number of rotatable bonds is 11. The molecule has 0 amide bonds. The first-order chi connectivity index (χ1) is 8.88. The molecule has 1 N–H and O–H groups in total. The van der Waals surface area contributed by atoms with Crippen molar-refractivity contribution in [3.05, 3.63) is 12.4 Å². The van der Waals surface area contributed by atoms with E-state index in [-0.39, 0.29) is 0 Å². The second kappa shape index (κ2) is 9.98. The highest BCUT2D eigenvalue weighted by atomic mass is 15.2. The standard InChI is InChI=1S/C15H29N3/c1-3-5-7-8-9-10-11-16-15-17-12-14-18(15)13-6-4-2/h12,14H,3-11,13H2,1-2H3,(H,16,17). The highest BCUT2D eigenvalue weighted by Gasteiger charge is 2.00. The highest BCUT2D eigenvalue weighted by molar-refractivity contribution is 5.25. The molecule has 3 nitrogen and oxygen atoms in total. The van der Waals surface area contributed by atoms with Gasteiger partial charge in [-0.15, -0.1) is 0 Å². The minimum atomic E-state index is 1.04. The van der Waals surface area contributed by atoms with Crippen molar-refractivity contribution in [1.29, 1.82) is 0 Å². The number of unbranched alkanes of at least 4 members (excludes halogenated alkanes) is 6. The number of aryl methyl sites for hydroxylation is 1. The monoisotopic (exact) mass is 251 g/mol. The molecule has 0 unspecified atom stereocenters. The van der Waals surface area contributed by atoms with Crippen molar-refractivity contribution in [2.45, 2.75) is 71.8 Å². The molecule has 18 heavy (non-hydrogen) atoms. The summed E-state index contributed by atoms with van der Waals surface area (Å²) in [5.74, 6) is 1.04. The van der Waals surface area contributed by atoms with Crippen LogP contribution in [0.2, 0.25) is 0 Å². The summed E-state index contributed by atoms with van der Waals surface area (Å²) in [4.78, 5) is 4.37. The zero-order valence-electron chi connectivity index (χ0n) is 12.1. The fraction of sp³-hybridized carbons (Fsp3) is 0.800. The third kappa shape index (κ3) is 6.08. The molecule has 0 aliphatic rings. The maximum Gasteiger partial charge on any atom is 0.202 e. The predicted octanol–water partition coefficient (Wildman–Crippen LogP) is 4.46. The van der Waals surface area contributed by atoms with Gasteiger partial charge in [0.15, 0.2) is 0 Å². The largest absolute Gasteiger partial charge is 0.356 e. The van der Waals surface area contributed by atoms with Crippen LogP contribution in [0.5, 0.6) is 0 Å². The predicted molar refractivity (Wildman–Crippen MR) is 79.0 cm³/mol. The zero-order chi connectivity index (χ0) is 13.1. The molecule has 1 rings (SSSR count). The van der Waals surface area contributed by atoms with Gasteiger partial charge in [0.25, 0.3) is 0 Å². The van der Waals surface area contributed by atoms with Crippen LogP contribution in [-0.4, -0.2) is 16.1 Å². The Bertz CT molecular complexity index is 294. The molecular weight excluding hydrogens is 222 g/mol. The zero-order valence-corrected chi connectivity index (χ0v) is 12.1. The van der Waals surface area contributed by atoms with Crippen molar-refractivity contribution in [3.8, 4) is 0 Å². The van der Waals surface area contributed by atoms with E-state index in [1.165, 1.54) is 51.4 Å². The molecule has 0 aliphatic heterocycles. The second-order valence-electron chi connectivity index (χ2n) is 4.99. The van der Waals surface area contributed by atoms with Gasteiger partial charge >= 0.3 is 0 Å². The molecule has 1 heterocycles. The molecule has 1 aromatic rings. The van der Waals surface area contributed by atoms with Crippen LogP contribution in [0.4, 0.5) is 5.95 Å². The number of aromatic nitrogens is 2. The van der Waals surface area contributed by atoms with Gasteiger partial charge < -0.3 is 9.88 Å². The molecule has 0 bridgehead atoms. The molecule has 0 saturated heterocycles. The lowest BCUT2D eigenvalue weighted by molar-refractivity contribution is 0.610. The Morgan fingerprint density at radius 2 is 1.72 bits per heavy atom. The maximum atomic E-state index is 4.37. The van der Waals surface area contributed by atoms with Gasteiger partial charge in [-0.1, -0.05) is 52.4 Å². The Morgan fingerprint density at radius 3 is 2.50 bits per heavy atom. The minimum Gasteiger partial charge on any atom is -0.356 e. The van der Waals surface area contributed by atoms with E-state index in [4.69, 9.17) is 0 Å². The Hall–Kier alpha value is -0.990. The first-order valence-corrected chi connectivity index (χ1v) is 7.63. The van der Waals surface area contributed by atoms with E-state index in [1.807, 2.05) is 6.20 Å². The van der Waals surface area contributed by atoms with E-state index in [0.29, 0.717) is 0 Å². The summed E-state index contributed by atoms with van der Waals surface area (Å²) >= 11 is 0. The smallest absolute Gasteiger partial charge is 0.202 e. The Kier molecular flexibility index (Phi) is 8.36. The van der Waals surface area contributed by atoms with Gasteiger partial charge in [0.1, 0.15) is 0 Å². The average Bonchev–Trinajstić information content (AvgIpc) is 2.83. The molecule has 3 heteroatoms. The number of imidazole rings is 1. The molecule has 0 aliphatic carbocycles. The molecule has 0 spiro atoms. The lowest BCUT2D eigenvalue weighted by Gasteiger charge is -2.09. The van der Waals surface area contributed by atoms with Crippen molar-refractivity contribution in [2.24, 2.45) is 0 Å². The lowest BCUT2D eigenvalue weighted by atomic mass is 10.1. The number of nitrogens with one attached hydrogen (secondary N) is 1. The number of hydrogen-bond acceptors (Lipinski definition) is 2. The lowest BCUT2D eigenvalue weighted by Crippen LogP contribution is -2.08. The van der Waals surface area contributed by atoms with Gasteiger partial charge in [0.05, 0.1) is 0 Å². The Morgan fingerprint density at radius 1 is 1.00 bits per heavy atom. The van der Waals surface area contributed by atoms with Crippen LogP contribution in [0.15, 0.2) is 12.4 Å². The number of hydrogen-bond donors (Lipinski definition) is 1. The molecule has 0 aromatic carbocycles. The topological polar surface area (TPSA) is 29.9 Å². The van der Waals surface area contributed by atoms with Crippen molar-refractivity contribution < 1.29 is 0 Å². The van der Waals surface area contributed by atoms with E-state index in [1.54, 1.807) is 0 Å². The molecule has 104 valence electrons. The van der Waals surface area contributed by atoms with Crippen molar-refractivity contribution in [3.63, 3.8) is 0 Å². The second-order valence-corrected chi connectivity index (χ2v) is 4.99. The first kappa shape index (κ1) is 15.1. The quantitative estimate of drug-likeness (QED) is 0.589. The van der Waals surface area contributed by atoms with Gasteiger partial charge in [0.2, 0.25) is 5.95 Å². The number of anilines is 1. The molecule has 0 saturated carbocycles. The molecular formula is C15H29N3. The van der Waals surface area contributed by atoms with Gasteiger partial charge in [-0.25, -0.2) is 4.98 Å². The molecule has 0 fully saturated rings. The Labute approximate surface area is 112 Å². The summed E-state index contributed by atoms with van der Waals surface area (Å²) in [5.41, 5.74) is 0. The van der Waals surface area contributed by atoms with Gasteiger partial charge in [-0.3, -0.25) is 0 Å². The van der Waals surface area contributed by atoms with Gasteiger partial charge in [-0.2, -0.15) is 0 Å².